The summed E-state index contributed by atoms with van der Waals surface area (Å²) in [6.45, 7) is 4.37. The minimum Gasteiger partial charge on any atom is -0.346 e. The van der Waals surface area contributed by atoms with E-state index >= 15 is 0 Å². The van der Waals surface area contributed by atoms with Crippen LogP contribution in [0.15, 0.2) is 48.7 Å². The van der Waals surface area contributed by atoms with E-state index in [-0.39, 0.29) is 5.91 Å². The zero-order chi connectivity index (χ0) is 17.6. The van der Waals surface area contributed by atoms with Crippen LogP contribution in [0.5, 0.6) is 0 Å². The first kappa shape index (κ1) is 17.1. The van der Waals surface area contributed by atoms with Gasteiger partial charge in [0.15, 0.2) is 5.13 Å². The second-order valence-corrected chi connectivity index (χ2v) is 6.57. The normalized spacial score (nSPS) is 10.5. The van der Waals surface area contributed by atoms with Crippen LogP contribution in [0, 0.1) is 6.92 Å². The van der Waals surface area contributed by atoms with Crippen molar-refractivity contribution in [3.8, 4) is 0 Å². The van der Waals surface area contributed by atoms with Gasteiger partial charge in [-0.1, -0.05) is 42.5 Å². The van der Waals surface area contributed by atoms with E-state index < -0.39 is 0 Å². The third kappa shape index (κ3) is 4.22. The lowest BCUT2D eigenvalue weighted by Gasteiger charge is -2.07. The number of thiazole rings is 1. The van der Waals surface area contributed by atoms with Gasteiger partial charge in [0.2, 0.25) is 0 Å². The molecule has 0 aliphatic carbocycles. The highest BCUT2D eigenvalue weighted by molar-refractivity contribution is 7.17. The Labute approximate surface area is 151 Å². The number of hydrogen-bond donors (Lipinski definition) is 2. The first-order valence-electron chi connectivity index (χ1n) is 8.18. The Hall–Kier alpha value is -2.73. The van der Waals surface area contributed by atoms with E-state index in [0.717, 1.165) is 28.6 Å². The minimum absolute atomic E-state index is 0.127. The molecule has 6 heteroatoms. The van der Waals surface area contributed by atoms with Gasteiger partial charge in [-0.05, 0) is 37.1 Å². The fraction of sp³-hybridized carbons (Fsp3) is 0.211. The number of benzene rings is 1. The van der Waals surface area contributed by atoms with Gasteiger partial charge in [-0.2, -0.15) is 0 Å². The molecule has 0 radical (unpaired) electrons. The van der Waals surface area contributed by atoms with E-state index in [9.17, 15) is 4.79 Å². The molecular formula is C19H20N4OS. The van der Waals surface area contributed by atoms with E-state index in [1.165, 1.54) is 16.9 Å². The Morgan fingerprint density at radius 1 is 1.16 bits per heavy atom. The summed E-state index contributed by atoms with van der Waals surface area (Å²) < 4.78 is 0. The van der Waals surface area contributed by atoms with Crippen LogP contribution in [0.4, 0.5) is 10.8 Å². The molecule has 0 aliphatic heterocycles. The van der Waals surface area contributed by atoms with E-state index in [4.69, 9.17) is 0 Å². The average Bonchev–Trinajstić information content (AvgIpc) is 3.01. The Morgan fingerprint density at radius 3 is 2.72 bits per heavy atom. The third-order valence-corrected chi connectivity index (χ3v) is 4.87. The molecule has 2 N–H and O–H groups in total. The minimum atomic E-state index is -0.127. The van der Waals surface area contributed by atoms with Crippen LogP contribution in [0.1, 0.15) is 33.5 Å². The van der Waals surface area contributed by atoms with Crippen molar-refractivity contribution in [2.75, 3.05) is 5.32 Å². The second-order valence-electron chi connectivity index (χ2n) is 5.57. The first-order valence-corrected chi connectivity index (χ1v) is 8.99. The second kappa shape index (κ2) is 7.90. The fourth-order valence-electron chi connectivity index (χ4n) is 2.48. The topological polar surface area (TPSA) is 66.9 Å². The number of carbonyl (C=O) groups excluding carboxylic acids is 1. The molecule has 5 nitrogen and oxygen atoms in total. The standard InChI is InChI=1S/C19H20N4OS/c1-3-14-8-4-5-10-16(14)23-19-22-13(2)17(25-19)18(24)21-12-15-9-6-7-11-20-15/h4-11H,3,12H2,1-2H3,(H,21,24)(H,22,23). The molecule has 0 aliphatic rings. The molecule has 25 heavy (non-hydrogen) atoms. The molecule has 0 unspecified atom stereocenters. The van der Waals surface area contributed by atoms with Crippen LogP contribution < -0.4 is 10.6 Å². The predicted octanol–water partition coefficient (Wildman–Crippen LogP) is 4.08. The number of pyridine rings is 1. The number of aryl methyl sites for hydroxylation is 2. The average molecular weight is 352 g/mol. The van der Waals surface area contributed by atoms with Gasteiger partial charge in [-0.3, -0.25) is 9.78 Å². The molecule has 2 heterocycles. The summed E-state index contributed by atoms with van der Waals surface area (Å²) in [4.78, 5) is 21.7. The number of nitrogens with zero attached hydrogens (tertiary/aromatic N) is 2. The highest BCUT2D eigenvalue weighted by Crippen LogP contribution is 2.27. The molecule has 0 fully saturated rings. The maximum atomic E-state index is 12.4. The maximum Gasteiger partial charge on any atom is 0.263 e. The molecule has 0 atom stereocenters. The largest absolute Gasteiger partial charge is 0.346 e. The van der Waals surface area contributed by atoms with Crippen molar-refractivity contribution >= 4 is 28.1 Å². The van der Waals surface area contributed by atoms with Crippen molar-refractivity contribution in [1.29, 1.82) is 0 Å². The van der Waals surface area contributed by atoms with Crippen molar-refractivity contribution in [3.05, 3.63) is 70.5 Å². The van der Waals surface area contributed by atoms with Crippen LogP contribution in [0.25, 0.3) is 0 Å². The molecule has 2 aromatic heterocycles. The Kier molecular flexibility index (Phi) is 5.40. The smallest absolute Gasteiger partial charge is 0.263 e. The third-order valence-electron chi connectivity index (χ3n) is 3.80. The first-order chi connectivity index (χ1) is 12.2. The molecule has 1 amide bonds. The van der Waals surface area contributed by atoms with Crippen molar-refractivity contribution in [2.45, 2.75) is 26.8 Å². The van der Waals surface area contributed by atoms with Crippen molar-refractivity contribution in [3.63, 3.8) is 0 Å². The number of nitrogens with one attached hydrogen (secondary N) is 2. The van der Waals surface area contributed by atoms with Gasteiger partial charge in [0.1, 0.15) is 4.88 Å². The lowest BCUT2D eigenvalue weighted by Crippen LogP contribution is -2.23. The lowest BCUT2D eigenvalue weighted by atomic mass is 10.1. The Morgan fingerprint density at radius 2 is 1.96 bits per heavy atom. The van der Waals surface area contributed by atoms with Crippen molar-refractivity contribution in [1.82, 2.24) is 15.3 Å². The summed E-state index contributed by atoms with van der Waals surface area (Å²) in [6, 6.07) is 13.8. The monoisotopic (exact) mass is 352 g/mol. The number of para-hydroxylation sites is 1. The fourth-order valence-corrected chi connectivity index (χ4v) is 3.38. The van der Waals surface area contributed by atoms with Crippen LogP contribution >= 0.6 is 11.3 Å². The highest BCUT2D eigenvalue weighted by atomic mass is 32.1. The van der Waals surface area contributed by atoms with Gasteiger partial charge < -0.3 is 10.6 Å². The zero-order valence-corrected chi connectivity index (χ0v) is 15.1. The van der Waals surface area contributed by atoms with Gasteiger partial charge in [0.05, 0.1) is 17.9 Å². The molecule has 3 rings (SSSR count). The van der Waals surface area contributed by atoms with E-state index in [1.54, 1.807) is 6.20 Å². The van der Waals surface area contributed by atoms with Gasteiger partial charge >= 0.3 is 0 Å². The number of aromatic nitrogens is 2. The number of hydrogen-bond acceptors (Lipinski definition) is 5. The van der Waals surface area contributed by atoms with E-state index in [2.05, 4.69) is 33.6 Å². The molecule has 0 saturated heterocycles. The van der Waals surface area contributed by atoms with E-state index in [1.807, 2.05) is 43.3 Å². The van der Waals surface area contributed by atoms with Crippen LogP contribution in [-0.2, 0) is 13.0 Å². The quantitative estimate of drug-likeness (QED) is 0.701. The van der Waals surface area contributed by atoms with Gasteiger partial charge in [0, 0.05) is 11.9 Å². The summed E-state index contributed by atoms with van der Waals surface area (Å²) in [7, 11) is 0. The van der Waals surface area contributed by atoms with Gasteiger partial charge in [-0.25, -0.2) is 4.98 Å². The van der Waals surface area contributed by atoms with Crippen LogP contribution in [0.3, 0.4) is 0 Å². The number of rotatable bonds is 6. The summed E-state index contributed by atoms with van der Waals surface area (Å²) in [6.07, 6.45) is 2.65. The van der Waals surface area contributed by atoms with Crippen molar-refractivity contribution < 1.29 is 4.79 Å². The highest BCUT2D eigenvalue weighted by Gasteiger charge is 2.15. The Bertz CT molecular complexity index is 861. The molecule has 128 valence electrons. The molecule has 0 bridgehead atoms. The molecule has 0 spiro atoms. The van der Waals surface area contributed by atoms with Crippen LogP contribution in [0.2, 0.25) is 0 Å². The Balaban J connectivity index is 1.70. The lowest BCUT2D eigenvalue weighted by molar-refractivity contribution is 0.0953. The molecule has 3 aromatic rings. The zero-order valence-electron chi connectivity index (χ0n) is 14.2. The van der Waals surface area contributed by atoms with Gasteiger partial charge in [0.25, 0.3) is 5.91 Å². The number of carbonyl (C=O) groups is 1. The summed E-state index contributed by atoms with van der Waals surface area (Å²) in [5.41, 5.74) is 3.80. The summed E-state index contributed by atoms with van der Waals surface area (Å²) in [5.74, 6) is -0.127. The SMILES string of the molecule is CCc1ccccc1Nc1nc(C)c(C(=O)NCc2ccccn2)s1. The molecule has 1 aromatic carbocycles. The number of anilines is 2. The van der Waals surface area contributed by atoms with Crippen LogP contribution in [-0.4, -0.2) is 15.9 Å². The molecular weight excluding hydrogens is 332 g/mol. The predicted molar refractivity (Wildman–Crippen MR) is 101 cm³/mol. The van der Waals surface area contributed by atoms with Gasteiger partial charge in [-0.15, -0.1) is 0 Å². The maximum absolute atomic E-state index is 12.4. The molecule has 0 saturated carbocycles. The summed E-state index contributed by atoms with van der Waals surface area (Å²) in [5, 5.41) is 6.95. The van der Waals surface area contributed by atoms with Crippen molar-refractivity contribution in [2.24, 2.45) is 0 Å². The van der Waals surface area contributed by atoms with E-state index in [0.29, 0.717) is 11.4 Å². The number of amides is 1. The summed E-state index contributed by atoms with van der Waals surface area (Å²) >= 11 is 1.36.